The molecule has 0 bridgehead atoms. The van der Waals surface area contributed by atoms with Crippen molar-refractivity contribution in [3.05, 3.63) is 53.7 Å². The number of rotatable bonds is 4. The molecule has 1 fully saturated rings. The number of amides is 1. The Morgan fingerprint density at radius 1 is 1.08 bits per heavy atom. The number of methoxy groups -OCH3 is 1. The zero-order valence-electron chi connectivity index (χ0n) is 13.9. The summed E-state index contributed by atoms with van der Waals surface area (Å²) in [6.45, 7) is 2.11. The number of aromatic carboxylic acids is 1. The van der Waals surface area contributed by atoms with Gasteiger partial charge in [-0.1, -0.05) is 0 Å². The molecule has 1 N–H and O–H groups in total. The van der Waals surface area contributed by atoms with Crippen LogP contribution in [0.15, 0.2) is 42.6 Å². The molecule has 1 aromatic heterocycles. The van der Waals surface area contributed by atoms with Gasteiger partial charge < -0.3 is 19.6 Å². The molecule has 0 saturated carbocycles. The number of carbonyl (C=O) groups is 2. The maximum absolute atomic E-state index is 12.6. The number of nitrogens with zero attached hydrogens (tertiary/aromatic N) is 3. The van der Waals surface area contributed by atoms with E-state index in [1.165, 1.54) is 0 Å². The molecule has 0 atom stereocenters. The lowest BCUT2D eigenvalue weighted by Crippen LogP contribution is -2.49. The fourth-order valence-corrected chi connectivity index (χ4v) is 2.85. The summed E-state index contributed by atoms with van der Waals surface area (Å²) < 4.78 is 5.10. The van der Waals surface area contributed by atoms with Crippen molar-refractivity contribution in [1.29, 1.82) is 0 Å². The second-order valence-electron chi connectivity index (χ2n) is 5.69. The lowest BCUT2D eigenvalue weighted by molar-refractivity contribution is 0.0692. The number of hydrogen-bond acceptors (Lipinski definition) is 5. The Balaban J connectivity index is 1.67. The molecule has 7 heteroatoms. The van der Waals surface area contributed by atoms with Gasteiger partial charge in [-0.25, -0.2) is 9.78 Å². The maximum atomic E-state index is 12.6. The highest BCUT2D eigenvalue weighted by atomic mass is 16.5. The van der Waals surface area contributed by atoms with Gasteiger partial charge in [0.05, 0.1) is 7.11 Å². The van der Waals surface area contributed by atoms with Gasteiger partial charge in [0.25, 0.3) is 5.91 Å². The molecule has 2 aromatic rings. The number of hydrogen-bond donors (Lipinski definition) is 1. The Morgan fingerprint density at radius 3 is 2.36 bits per heavy atom. The van der Waals surface area contributed by atoms with E-state index >= 15 is 0 Å². The first kappa shape index (κ1) is 16.8. The van der Waals surface area contributed by atoms with Gasteiger partial charge in [0.15, 0.2) is 0 Å². The van der Waals surface area contributed by atoms with Crippen LogP contribution in [-0.2, 0) is 0 Å². The van der Waals surface area contributed by atoms with E-state index in [1.807, 2.05) is 4.90 Å². The monoisotopic (exact) mass is 341 g/mol. The fraction of sp³-hybridized carbons (Fsp3) is 0.278. The molecular weight excluding hydrogens is 322 g/mol. The van der Waals surface area contributed by atoms with E-state index in [4.69, 9.17) is 4.74 Å². The molecular formula is C18H19N3O4. The van der Waals surface area contributed by atoms with E-state index < -0.39 is 5.97 Å². The summed E-state index contributed by atoms with van der Waals surface area (Å²) in [5.74, 6) is 0.117. The molecule has 25 heavy (non-hydrogen) atoms. The van der Waals surface area contributed by atoms with E-state index in [2.05, 4.69) is 4.98 Å². The van der Waals surface area contributed by atoms with Gasteiger partial charge in [-0.2, -0.15) is 0 Å². The Labute approximate surface area is 145 Å². The van der Waals surface area contributed by atoms with Gasteiger partial charge in [0, 0.05) is 37.9 Å². The van der Waals surface area contributed by atoms with Gasteiger partial charge >= 0.3 is 5.97 Å². The molecule has 1 amide bonds. The van der Waals surface area contributed by atoms with Gasteiger partial charge in [0.2, 0.25) is 0 Å². The smallest absolute Gasteiger partial charge is 0.339 e. The standard InChI is InChI=1S/C18H19N3O4/c1-25-14-6-4-13(5-7-14)17(22)21-11-9-20(10-12-21)16-15(18(23)24)3-2-8-19-16/h2-8H,9-12H2,1H3,(H,23,24). The highest BCUT2D eigenvalue weighted by molar-refractivity contribution is 5.95. The zero-order valence-corrected chi connectivity index (χ0v) is 13.9. The summed E-state index contributed by atoms with van der Waals surface area (Å²) >= 11 is 0. The van der Waals surface area contributed by atoms with Crippen LogP contribution in [0.3, 0.4) is 0 Å². The molecule has 0 spiro atoms. The fourth-order valence-electron chi connectivity index (χ4n) is 2.85. The molecule has 1 aromatic carbocycles. The Morgan fingerprint density at radius 2 is 1.76 bits per heavy atom. The number of ether oxygens (including phenoxy) is 1. The number of aromatic nitrogens is 1. The molecule has 0 radical (unpaired) electrons. The number of carboxylic acid groups (broad SMARTS) is 1. The van der Waals surface area contributed by atoms with E-state index in [0.29, 0.717) is 43.3 Å². The normalized spacial score (nSPS) is 14.3. The average molecular weight is 341 g/mol. The first-order valence-corrected chi connectivity index (χ1v) is 7.96. The topological polar surface area (TPSA) is 83.0 Å². The molecule has 1 saturated heterocycles. The Kier molecular flexibility index (Phi) is 4.83. The minimum absolute atomic E-state index is 0.0400. The van der Waals surface area contributed by atoms with Gasteiger partial charge in [-0.3, -0.25) is 4.79 Å². The Hall–Kier alpha value is -3.09. The van der Waals surface area contributed by atoms with Gasteiger partial charge in [0.1, 0.15) is 17.1 Å². The summed E-state index contributed by atoms with van der Waals surface area (Å²) in [6.07, 6.45) is 1.58. The number of carboxylic acids is 1. The molecule has 3 rings (SSSR count). The summed E-state index contributed by atoms with van der Waals surface area (Å²) in [6, 6.07) is 10.2. The highest BCUT2D eigenvalue weighted by Gasteiger charge is 2.25. The van der Waals surface area contributed by atoms with Crippen LogP contribution in [0.5, 0.6) is 5.75 Å². The molecule has 0 aliphatic carbocycles. The van der Waals surface area contributed by atoms with Crippen LogP contribution >= 0.6 is 0 Å². The molecule has 2 heterocycles. The van der Waals surface area contributed by atoms with Crippen LogP contribution in [0, 0.1) is 0 Å². The van der Waals surface area contributed by atoms with Gasteiger partial charge in [-0.05, 0) is 36.4 Å². The SMILES string of the molecule is COc1ccc(C(=O)N2CCN(c3ncccc3C(=O)O)CC2)cc1. The number of pyridine rings is 1. The number of anilines is 1. The van der Waals surface area contributed by atoms with Crippen LogP contribution in [0.25, 0.3) is 0 Å². The lowest BCUT2D eigenvalue weighted by Gasteiger charge is -2.35. The van der Waals surface area contributed by atoms with Gasteiger partial charge in [-0.15, -0.1) is 0 Å². The van der Waals surface area contributed by atoms with Crippen molar-refractivity contribution in [2.45, 2.75) is 0 Å². The summed E-state index contributed by atoms with van der Waals surface area (Å²) in [5, 5.41) is 9.29. The van der Waals surface area contributed by atoms with Crippen molar-refractivity contribution in [2.24, 2.45) is 0 Å². The largest absolute Gasteiger partial charge is 0.497 e. The van der Waals surface area contributed by atoms with E-state index in [-0.39, 0.29) is 11.5 Å². The van der Waals surface area contributed by atoms with Crippen LogP contribution in [0.2, 0.25) is 0 Å². The quantitative estimate of drug-likeness (QED) is 0.912. The minimum Gasteiger partial charge on any atom is -0.497 e. The average Bonchev–Trinajstić information content (AvgIpc) is 2.67. The predicted octanol–water partition coefficient (Wildman–Crippen LogP) is 1.75. The molecule has 0 unspecified atom stereocenters. The van der Waals surface area contributed by atoms with Crippen molar-refractivity contribution >= 4 is 17.7 Å². The van der Waals surface area contributed by atoms with Crippen LogP contribution in [-0.4, -0.2) is 60.2 Å². The van der Waals surface area contributed by atoms with E-state index in [0.717, 1.165) is 0 Å². The summed E-state index contributed by atoms with van der Waals surface area (Å²) in [4.78, 5) is 31.8. The first-order chi connectivity index (χ1) is 12.1. The van der Waals surface area contributed by atoms with Crippen LogP contribution in [0.1, 0.15) is 20.7 Å². The van der Waals surface area contributed by atoms with Crippen molar-refractivity contribution in [2.75, 3.05) is 38.2 Å². The highest BCUT2D eigenvalue weighted by Crippen LogP contribution is 2.20. The molecule has 130 valence electrons. The second kappa shape index (κ2) is 7.21. The molecule has 7 nitrogen and oxygen atoms in total. The molecule has 1 aliphatic heterocycles. The third-order valence-electron chi connectivity index (χ3n) is 4.22. The minimum atomic E-state index is -1.00. The molecule has 1 aliphatic rings. The Bertz CT molecular complexity index is 768. The third-order valence-corrected chi connectivity index (χ3v) is 4.22. The number of benzene rings is 1. The predicted molar refractivity (Wildman–Crippen MR) is 92.3 cm³/mol. The first-order valence-electron chi connectivity index (χ1n) is 7.96. The second-order valence-corrected chi connectivity index (χ2v) is 5.69. The van der Waals surface area contributed by atoms with Crippen molar-refractivity contribution < 1.29 is 19.4 Å². The van der Waals surface area contributed by atoms with Crippen molar-refractivity contribution in [3.8, 4) is 5.75 Å². The van der Waals surface area contributed by atoms with E-state index in [1.54, 1.807) is 54.6 Å². The van der Waals surface area contributed by atoms with Crippen molar-refractivity contribution in [1.82, 2.24) is 9.88 Å². The number of carbonyl (C=O) groups excluding carboxylic acids is 1. The van der Waals surface area contributed by atoms with Crippen LogP contribution < -0.4 is 9.64 Å². The summed E-state index contributed by atoms with van der Waals surface area (Å²) in [5.41, 5.74) is 0.788. The van der Waals surface area contributed by atoms with Crippen LogP contribution in [0.4, 0.5) is 5.82 Å². The lowest BCUT2D eigenvalue weighted by atomic mass is 10.1. The van der Waals surface area contributed by atoms with E-state index in [9.17, 15) is 14.7 Å². The summed E-state index contributed by atoms with van der Waals surface area (Å²) in [7, 11) is 1.58. The number of piperazine rings is 1. The zero-order chi connectivity index (χ0) is 17.8. The maximum Gasteiger partial charge on any atom is 0.339 e. The third kappa shape index (κ3) is 3.55. The van der Waals surface area contributed by atoms with Crippen molar-refractivity contribution in [3.63, 3.8) is 0 Å².